The molecular weight excluding hydrogens is 320 g/mol. The number of fused-ring (bicyclic) bond motifs is 1. The third-order valence-electron chi connectivity index (χ3n) is 3.88. The topological polar surface area (TPSA) is 42.4 Å². The molecule has 1 unspecified atom stereocenters. The van der Waals surface area contributed by atoms with E-state index in [4.69, 9.17) is 16.3 Å². The van der Waals surface area contributed by atoms with Gasteiger partial charge in [-0.1, -0.05) is 29.9 Å². The van der Waals surface area contributed by atoms with Gasteiger partial charge < -0.3 is 4.74 Å². The molecule has 1 aromatic carbocycles. The molecule has 0 spiro atoms. The number of benzene rings is 1. The summed E-state index contributed by atoms with van der Waals surface area (Å²) < 4.78 is 6.69. The molecule has 2 aromatic rings. The fourth-order valence-corrected chi connectivity index (χ4v) is 4.17. The number of nitrogens with zero attached hydrogens (tertiary/aromatic N) is 2. The number of anilines is 1. The molecule has 1 saturated heterocycles. The smallest absolute Gasteiger partial charge is 0.228 e. The van der Waals surface area contributed by atoms with Gasteiger partial charge in [0.15, 0.2) is 5.13 Å². The molecule has 1 aliphatic rings. The van der Waals surface area contributed by atoms with Crippen molar-refractivity contribution in [2.24, 2.45) is 0 Å². The standard InChI is InChI=1S/C16H19ClN2O2S/c1-3-14(20)19(9-12-5-4-6-21-12)16-18-15-10(2)7-11(17)8-13(15)22-16/h7-8,12H,3-6,9H2,1-2H3. The molecule has 22 heavy (non-hydrogen) atoms. The summed E-state index contributed by atoms with van der Waals surface area (Å²) in [5.74, 6) is 0.0818. The molecule has 4 nitrogen and oxygen atoms in total. The Labute approximate surface area is 139 Å². The number of thiazole rings is 1. The minimum Gasteiger partial charge on any atom is -0.376 e. The lowest BCUT2D eigenvalue weighted by atomic mass is 10.2. The lowest BCUT2D eigenvalue weighted by molar-refractivity contribution is -0.118. The van der Waals surface area contributed by atoms with Gasteiger partial charge in [-0.2, -0.15) is 0 Å². The van der Waals surface area contributed by atoms with Crippen LogP contribution >= 0.6 is 22.9 Å². The van der Waals surface area contributed by atoms with Gasteiger partial charge in [-0.05, 0) is 37.5 Å². The van der Waals surface area contributed by atoms with E-state index < -0.39 is 0 Å². The number of hydrogen-bond donors (Lipinski definition) is 0. The van der Waals surface area contributed by atoms with Gasteiger partial charge in [0.05, 0.1) is 22.9 Å². The highest BCUT2D eigenvalue weighted by Gasteiger charge is 2.25. The monoisotopic (exact) mass is 338 g/mol. The molecule has 0 aliphatic carbocycles. The summed E-state index contributed by atoms with van der Waals surface area (Å²) >= 11 is 7.63. The van der Waals surface area contributed by atoms with E-state index in [1.807, 2.05) is 26.0 Å². The lowest BCUT2D eigenvalue weighted by Gasteiger charge is -2.22. The van der Waals surface area contributed by atoms with Gasteiger partial charge in [-0.3, -0.25) is 9.69 Å². The Hall–Kier alpha value is -1.17. The van der Waals surface area contributed by atoms with Gasteiger partial charge in [-0.25, -0.2) is 4.98 Å². The molecule has 0 saturated carbocycles. The van der Waals surface area contributed by atoms with Crippen LogP contribution in [0.2, 0.25) is 5.02 Å². The number of aromatic nitrogens is 1. The van der Waals surface area contributed by atoms with Gasteiger partial charge in [-0.15, -0.1) is 0 Å². The molecule has 1 aromatic heterocycles. The van der Waals surface area contributed by atoms with Gasteiger partial charge in [0.2, 0.25) is 5.91 Å². The van der Waals surface area contributed by atoms with E-state index in [9.17, 15) is 4.79 Å². The van der Waals surface area contributed by atoms with Crippen LogP contribution in [0.4, 0.5) is 5.13 Å². The van der Waals surface area contributed by atoms with Crippen LogP contribution in [0.15, 0.2) is 12.1 Å². The van der Waals surface area contributed by atoms with Crippen molar-refractivity contribution >= 4 is 44.2 Å². The van der Waals surface area contributed by atoms with Crippen molar-refractivity contribution in [2.75, 3.05) is 18.1 Å². The molecule has 1 atom stereocenters. The fourth-order valence-electron chi connectivity index (χ4n) is 2.73. The zero-order valence-electron chi connectivity index (χ0n) is 12.8. The Bertz CT molecular complexity index is 695. The molecular formula is C16H19ClN2O2S. The van der Waals surface area contributed by atoms with E-state index >= 15 is 0 Å². The van der Waals surface area contributed by atoms with Gasteiger partial charge in [0.25, 0.3) is 0 Å². The quantitative estimate of drug-likeness (QED) is 0.839. The normalized spacial score (nSPS) is 18.0. The van der Waals surface area contributed by atoms with Crippen LogP contribution in [0.25, 0.3) is 10.2 Å². The van der Waals surface area contributed by atoms with E-state index in [0.717, 1.165) is 40.4 Å². The van der Waals surface area contributed by atoms with Crippen LogP contribution in [0, 0.1) is 6.92 Å². The van der Waals surface area contributed by atoms with Gasteiger partial charge >= 0.3 is 0 Å². The molecule has 0 bridgehead atoms. The summed E-state index contributed by atoms with van der Waals surface area (Å²) in [5, 5.41) is 1.44. The molecule has 0 N–H and O–H groups in total. The lowest BCUT2D eigenvalue weighted by Crippen LogP contribution is -2.37. The van der Waals surface area contributed by atoms with Crippen LogP contribution in [0.1, 0.15) is 31.7 Å². The first-order valence-corrected chi connectivity index (χ1v) is 8.76. The predicted octanol–water partition coefficient (Wildman–Crippen LogP) is 4.18. The second-order valence-electron chi connectivity index (χ2n) is 5.56. The highest BCUT2D eigenvalue weighted by molar-refractivity contribution is 7.22. The molecule has 118 valence electrons. The maximum atomic E-state index is 12.3. The SMILES string of the molecule is CCC(=O)N(CC1CCCO1)c1nc2c(C)cc(Cl)cc2s1. The minimum atomic E-state index is 0.0818. The maximum absolute atomic E-state index is 12.3. The molecule has 2 heterocycles. The number of amides is 1. The number of aryl methyl sites for hydroxylation is 1. The van der Waals surface area contributed by atoms with E-state index in [0.29, 0.717) is 18.0 Å². The number of carbonyl (C=O) groups excluding carboxylic acids is 1. The van der Waals surface area contributed by atoms with Crippen molar-refractivity contribution in [3.63, 3.8) is 0 Å². The predicted molar refractivity (Wildman–Crippen MR) is 91.0 cm³/mol. The Morgan fingerprint density at radius 2 is 2.36 bits per heavy atom. The largest absolute Gasteiger partial charge is 0.376 e. The first kappa shape index (κ1) is 15.7. The summed E-state index contributed by atoms with van der Waals surface area (Å²) in [6, 6.07) is 3.81. The number of rotatable bonds is 4. The molecule has 3 rings (SSSR count). The van der Waals surface area contributed by atoms with Crippen LogP contribution in [0.3, 0.4) is 0 Å². The highest BCUT2D eigenvalue weighted by Crippen LogP contribution is 2.33. The van der Waals surface area contributed by atoms with Crippen molar-refractivity contribution in [1.29, 1.82) is 0 Å². The summed E-state index contributed by atoms with van der Waals surface area (Å²) in [6.45, 7) is 5.23. The zero-order valence-corrected chi connectivity index (χ0v) is 14.3. The number of ether oxygens (including phenoxy) is 1. The van der Waals surface area contributed by atoms with Crippen molar-refractivity contribution < 1.29 is 9.53 Å². The van der Waals surface area contributed by atoms with Crippen molar-refractivity contribution in [3.8, 4) is 0 Å². The Morgan fingerprint density at radius 3 is 3.05 bits per heavy atom. The van der Waals surface area contributed by atoms with Gasteiger partial charge in [0, 0.05) is 18.1 Å². The molecule has 6 heteroatoms. The van der Waals surface area contributed by atoms with Gasteiger partial charge in [0.1, 0.15) is 0 Å². The second kappa shape index (κ2) is 6.52. The first-order valence-electron chi connectivity index (χ1n) is 7.57. The number of hydrogen-bond acceptors (Lipinski definition) is 4. The third kappa shape index (κ3) is 3.12. The minimum absolute atomic E-state index is 0.0818. The third-order valence-corrected chi connectivity index (χ3v) is 5.13. The van der Waals surface area contributed by atoms with Crippen molar-refractivity contribution in [3.05, 3.63) is 22.7 Å². The fraction of sp³-hybridized carbons (Fsp3) is 0.500. The Morgan fingerprint density at radius 1 is 1.55 bits per heavy atom. The summed E-state index contributed by atoms with van der Waals surface area (Å²) in [4.78, 5) is 18.8. The average Bonchev–Trinajstić information content (AvgIpc) is 3.12. The first-order chi connectivity index (χ1) is 10.6. The summed E-state index contributed by atoms with van der Waals surface area (Å²) in [6.07, 6.45) is 2.64. The van der Waals surface area contributed by atoms with Crippen molar-refractivity contribution in [2.45, 2.75) is 39.2 Å². The Balaban J connectivity index is 1.96. The molecule has 1 aliphatic heterocycles. The number of carbonyl (C=O) groups is 1. The summed E-state index contributed by atoms with van der Waals surface area (Å²) in [7, 11) is 0. The second-order valence-corrected chi connectivity index (χ2v) is 7.00. The van der Waals surface area contributed by atoms with Crippen LogP contribution < -0.4 is 4.90 Å². The van der Waals surface area contributed by atoms with E-state index in [2.05, 4.69) is 4.98 Å². The number of halogens is 1. The Kier molecular flexibility index (Phi) is 4.66. The van der Waals surface area contributed by atoms with Crippen molar-refractivity contribution in [1.82, 2.24) is 4.98 Å². The van der Waals surface area contributed by atoms with Crippen LogP contribution in [-0.4, -0.2) is 30.1 Å². The summed E-state index contributed by atoms with van der Waals surface area (Å²) in [5.41, 5.74) is 1.96. The molecule has 1 amide bonds. The highest BCUT2D eigenvalue weighted by atomic mass is 35.5. The van der Waals surface area contributed by atoms with Crippen LogP contribution in [0.5, 0.6) is 0 Å². The zero-order chi connectivity index (χ0) is 15.7. The van der Waals surface area contributed by atoms with Crippen LogP contribution in [-0.2, 0) is 9.53 Å². The average molecular weight is 339 g/mol. The van der Waals surface area contributed by atoms with E-state index in [-0.39, 0.29) is 12.0 Å². The maximum Gasteiger partial charge on any atom is 0.228 e. The van der Waals surface area contributed by atoms with E-state index in [1.54, 1.807) is 4.90 Å². The van der Waals surface area contributed by atoms with E-state index in [1.165, 1.54) is 11.3 Å². The molecule has 0 radical (unpaired) electrons. The molecule has 1 fully saturated rings.